The van der Waals surface area contributed by atoms with Crippen LogP contribution in [-0.4, -0.2) is 29.0 Å². The van der Waals surface area contributed by atoms with Crippen molar-refractivity contribution in [2.24, 2.45) is 5.73 Å². The monoisotopic (exact) mass is 496 g/mol. The SMILES string of the molecule is CC(C)c1nc(COC(N)=O)n(CCc2ccccn2)c1S(=O)(=O)c1cc(Cl)cc(Cl)c1. The fraction of sp³-hybridized carbons (Fsp3) is 0.286. The second-order valence-corrected chi connectivity index (χ2v) is 10.0. The number of sulfone groups is 1. The first-order chi connectivity index (χ1) is 15.1. The van der Waals surface area contributed by atoms with Gasteiger partial charge in [-0.25, -0.2) is 18.2 Å². The Balaban J connectivity index is 2.17. The smallest absolute Gasteiger partial charge is 0.404 e. The fourth-order valence-corrected chi connectivity index (χ4v) is 5.69. The van der Waals surface area contributed by atoms with E-state index in [1.807, 2.05) is 26.0 Å². The van der Waals surface area contributed by atoms with Gasteiger partial charge in [0.1, 0.15) is 5.82 Å². The van der Waals surface area contributed by atoms with Gasteiger partial charge in [-0.15, -0.1) is 0 Å². The summed E-state index contributed by atoms with van der Waals surface area (Å²) >= 11 is 12.1. The molecule has 0 aliphatic heterocycles. The Morgan fingerprint density at radius 3 is 2.44 bits per heavy atom. The van der Waals surface area contributed by atoms with Crippen LogP contribution in [0.1, 0.15) is 37.0 Å². The fourth-order valence-electron chi connectivity index (χ4n) is 3.21. The van der Waals surface area contributed by atoms with Crippen LogP contribution < -0.4 is 5.73 Å². The topological polar surface area (TPSA) is 117 Å². The first-order valence-corrected chi connectivity index (χ1v) is 12.0. The third-order valence-corrected chi connectivity index (χ3v) is 6.87. The van der Waals surface area contributed by atoms with E-state index in [1.54, 1.807) is 12.3 Å². The van der Waals surface area contributed by atoms with E-state index in [1.165, 1.54) is 22.8 Å². The minimum absolute atomic E-state index is 0.00941. The number of imidazole rings is 1. The van der Waals surface area contributed by atoms with Crippen molar-refractivity contribution in [1.82, 2.24) is 14.5 Å². The Labute approximate surface area is 196 Å². The Morgan fingerprint density at radius 2 is 1.88 bits per heavy atom. The molecule has 0 saturated heterocycles. The van der Waals surface area contributed by atoms with Crippen LogP contribution in [0, 0.1) is 0 Å². The molecule has 2 N–H and O–H groups in total. The average molecular weight is 497 g/mol. The highest BCUT2D eigenvalue weighted by Gasteiger charge is 2.31. The molecular formula is C21H22Cl2N4O4S. The summed E-state index contributed by atoms with van der Waals surface area (Å²) in [5.74, 6) is 0.0213. The molecule has 1 amide bonds. The van der Waals surface area contributed by atoms with Crippen molar-refractivity contribution in [2.75, 3.05) is 0 Å². The molecule has 0 spiro atoms. The summed E-state index contributed by atoms with van der Waals surface area (Å²) in [5.41, 5.74) is 6.22. The molecule has 11 heteroatoms. The van der Waals surface area contributed by atoms with Crippen LogP contribution in [0.5, 0.6) is 0 Å². The second kappa shape index (κ2) is 9.89. The highest BCUT2D eigenvalue weighted by Crippen LogP contribution is 2.33. The quantitative estimate of drug-likeness (QED) is 0.494. The summed E-state index contributed by atoms with van der Waals surface area (Å²) in [6, 6.07) is 9.60. The third kappa shape index (κ3) is 5.40. The minimum Gasteiger partial charge on any atom is -0.442 e. The van der Waals surface area contributed by atoms with Crippen molar-refractivity contribution in [3.8, 4) is 0 Å². The van der Waals surface area contributed by atoms with Gasteiger partial charge in [0.05, 0.1) is 10.6 Å². The molecule has 0 saturated carbocycles. The maximum Gasteiger partial charge on any atom is 0.404 e. The third-order valence-electron chi connectivity index (χ3n) is 4.63. The van der Waals surface area contributed by atoms with E-state index < -0.39 is 15.9 Å². The summed E-state index contributed by atoms with van der Waals surface area (Å²) in [5, 5.41) is 0.378. The molecule has 170 valence electrons. The van der Waals surface area contributed by atoms with E-state index >= 15 is 0 Å². The number of benzene rings is 1. The first-order valence-electron chi connectivity index (χ1n) is 9.72. The highest BCUT2D eigenvalue weighted by molar-refractivity contribution is 7.91. The normalized spacial score (nSPS) is 11.7. The number of aromatic nitrogens is 3. The van der Waals surface area contributed by atoms with Gasteiger partial charge < -0.3 is 15.0 Å². The van der Waals surface area contributed by atoms with Crippen LogP contribution in [-0.2, 0) is 34.1 Å². The highest BCUT2D eigenvalue weighted by atomic mass is 35.5. The maximum absolute atomic E-state index is 13.7. The van der Waals surface area contributed by atoms with Crippen LogP contribution in [0.25, 0.3) is 0 Å². The van der Waals surface area contributed by atoms with Crippen LogP contribution in [0.3, 0.4) is 0 Å². The van der Waals surface area contributed by atoms with Crippen molar-refractivity contribution in [3.63, 3.8) is 0 Å². The summed E-state index contributed by atoms with van der Waals surface area (Å²) in [6.45, 7) is 3.61. The lowest BCUT2D eigenvalue weighted by molar-refractivity contribution is 0.145. The molecule has 0 fully saturated rings. The molecule has 32 heavy (non-hydrogen) atoms. The van der Waals surface area contributed by atoms with E-state index in [0.717, 1.165) is 5.69 Å². The molecule has 0 bridgehead atoms. The Bertz CT molecular complexity index is 1210. The second-order valence-electron chi connectivity index (χ2n) is 7.31. The number of nitrogens with two attached hydrogens (primary N) is 1. The summed E-state index contributed by atoms with van der Waals surface area (Å²) < 4.78 is 33.9. The molecular weight excluding hydrogens is 475 g/mol. The van der Waals surface area contributed by atoms with Crippen LogP contribution in [0.15, 0.2) is 52.5 Å². The van der Waals surface area contributed by atoms with Crippen molar-refractivity contribution < 1.29 is 17.9 Å². The zero-order valence-electron chi connectivity index (χ0n) is 17.5. The van der Waals surface area contributed by atoms with E-state index in [2.05, 4.69) is 9.97 Å². The molecule has 2 heterocycles. The zero-order valence-corrected chi connectivity index (χ0v) is 19.8. The number of amides is 1. The van der Waals surface area contributed by atoms with Crippen molar-refractivity contribution in [1.29, 1.82) is 0 Å². The van der Waals surface area contributed by atoms with Gasteiger partial charge in [0.15, 0.2) is 11.6 Å². The number of carbonyl (C=O) groups is 1. The number of hydrogen-bond acceptors (Lipinski definition) is 6. The maximum atomic E-state index is 13.7. The Kier molecular flexibility index (Phi) is 7.43. The molecule has 3 rings (SSSR count). The molecule has 8 nitrogen and oxygen atoms in total. The molecule has 0 aliphatic carbocycles. The minimum atomic E-state index is -4.07. The Morgan fingerprint density at radius 1 is 1.19 bits per heavy atom. The van der Waals surface area contributed by atoms with Gasteiger partial charge in [-0.05, 0) is 36.2 Å². The summed E-state index contributed by atoms with van der Waals surface area (Å²) in [4.78, 5) is 19.9. The van der Waals surface area contributed by atoms with Gasteiger partial charge >= 0.3 is 6.09 Å². The number of halogens is 2. The first kappa shape index (κ1) is 24.0. The Hall–Kier alpha value is -2.62. The predicted octanol–water partition coefficient (Wildman–Crippen LogP) is 4.38. The largest absolute Gasteiger partial charge is 0.442 e. The van der Waals surface area contributed by atoms with Crippen LogP contribution in [0.2, 0.25) is 10.0 Å². The van der Waals surface area contributed by atoms with Gasteiger partial charge in [0.2, 0.25) is 9.84 Å². The van der Waals surface area contributed by atoms with Gasteiger partial charge in [0, 0.05) is 34.9 Å². The zero-order chi connectivity index (χ0) is 23.5. The van der Waals surface area contributed by atoms with E-state index in [-0.39, 0.29) is 44.9 Å². The lowest BCUT2D eigenvalue weighted by Gasteiger charge is -2.14. The van der Waals surface area contributed by atoms with Crippen LogP contribution >= 0.6 is 23.2 Å². The number of carbonyl (C=O) groups excluding carboxylic acids is 1. The average Bonchev–Trinajstić information content (AvgIpc) is 3.10. The number of ether oxygens (including phenoxy) is 1. The lowest BCUT2D eigenvalue weighted by Crippen LogP contribution is -2.18. The molecule has 0 radical (unpaired) electrons. The predicted molar refractivity (Wildman–Crippen MR) is 121 cm³/mol. The van der Waals surface area contributed by atoms with E-state index in [9.17, 15) is 13.2 Å². The van der Waals surface area contributed by atoms with Gasteiger partial charge in [-0.3, -0.25) is 4.98 Å². The number of nitrogens with zero attached hydrogens (tertiary/aromatic N) is 3. The summed E-state index contributed by atoms with van der Waals surface area (Å²) in [6.07, 6.45) is 1.10. The van der Waals surface area contributed by atoms with E-state index in [0.29, 0.717) is 12.1 Å². The number of hydrogen-bond donors (Lipinski definition) is 1. The van der Waals surface area contributed by atoms with E-state index in [4.69, 9.17) is 33.7 Å². The van der Waals surface area contributed by atoms with Crippen molar-refractivity contribution in [2.45, 2.75) is 49.3 Å². The van der Waals surface area contributed by atoms with Crippen molar-refractivity contribution in [3.05, 3.63) is 69.9 Å². The van der Waals surface area contributed by atoms with Gasteiger partial charge in [-0.1, -0.05) is 43.1 Å². The molecule has 2 aromatic heterocycles. The molecule has 3 aromatic rings. The van der Waals surface area contributed by atoms with Crippen molar-refractivity contribution >= 4 is 39.1 Å². The number of primary amides is 1. The molecule has 0 aliphatic rings. The molecule has 0 unspecified atom stereocenters. The lowest BCUT2D eigenvalue weighted by atomic mass is 10.1. The number of aryl methyl sites for hydroxylation is 1. The standard InChI is InChI=1S/C21H22Cl2N4O4S/c1-13(2)19-20(32(29,30)17-10-14(22)9-15(23)11-17)27(18(26-19)12-31-21(24)28)8-6-16-5-3-4-7-25-16/h3-5,7,9-11,13H,6,8,12H2,1-2H3,(H2,24,28). The summed E-state index contributed by atoms with van der Waals surface area (Å²) in [7, 11) is -4.07. The molecule has 0 atom stereocenters. The van der Waals surface area contributed by atoms with Gasteiger partial charge in [0.25, 0.3) is 0 Å². The number of rotatable bonds is 8. The number of pyridine rings is 1. The van der Waals surface area contributed by atoms with Gasteiger partial charge in [-0.2, -0.15) is 0 Å². The van der Waals surface area contributed by atoms with Crippen LogP contribution in [0.4, 0.5) is 4.79 Å². The molecule has 1 aromatic carbocycles.